The van der Waals surface area contributed by atoms with Gasteiger partial charge >= 0.3 is 6.03 Å². The van der Waals surface area contributed by atoms with Crippen molar-refractivity contribution in [3.63, 3.8) is 0 Å². The van der Waals surface area contributed by atoms with Gasteiger partial charge in [-0.15, -0.1) is 0 Å². The summed E-state index contributed by atoms with van der Waals surface area (Å²) in [5.74, 6) is 0.0596. The van der Waals surface area contributed by atoms with E-state index in [2.05, 4.69) is 22.7 Å². The first kappa shape index (κ1) is 17.0. The lowest BCUT2D eigenvalue weighted by Gasteiger charge is -2.13. The Morgan fingerprint density at radius 1 is 1.43 bits per heavy atom. The zero-order valence-electron chi connectivity index (χ0n) is 13.2. The average molecular weight is 320 g/mol. The van der Waals surface area contributed by atoms with Crippen LogP contribution in [-0.4, -0.2) is 27.5 Å². The maximum absolute atomic E-state index is 13.5. The van der Waals surface area contributed by atoms with Gasteiger partial charge in [0, 0.05) is 25.2 Å². The first-order chi connectivity index (χ1) is 11.0. The molecular weight excluding hydrogens is 299 g/mol. The monoisotopic (exact) mass is 320 g/mol. The third kappa shape index (κ3) is 4.53. The lowest BCUT2D eigenvalue weighted by Crippen LogP contribution is -2.33. The van der Waals surface area contributed by atoms with Gasteiger partial charge in [-0.05, 0) is 12.5 Å². The summed E-state index contributed by atoms with van der Waals surface area (Å²) in [4.78, 5) is 11.9. The van der Waals surface area contributed by atoms with E-state index in [-0.39, 0.29) is 12.1 Å². The molecule has 0 saturated heterocycles. The summed E-state index contributed by atoms with van der Waals surface area (Å²) >= 11 is 0. The molecule has 1 unspecified atom stereocenters. The number of nitrogens with one attached hydrogen (secondary N) is 2. The van der Waals surface area contributed by atoms with Gasteiger partial charge in [0.15, 0.2) is 0 Å². The predicted octanol–water partition coefficient (Wildman–Crippen LogP) is 2.37. The topological polar surface area (TPSA) is 79.2 Å². The van der Waals surface area contributed by atoms with Crippen LogP contribution in [-0.2, 0) is 13.5 Å². The molecule has 23 heavy (non-hydrogen) atoms. The van der Waals surface area contributed by atoms with Gasteiger partial charge in [-0.3, -0.25) is 10.00 Å². The number of rotatable bonds is 6. The van der Waals surface area contributed by atoms with E-state index in [0.29, 0.717) is 5.82 Å². The molecule has 1 atom stereocenters. The smallest absolute Gasteiger partial charge is 0.320 e. The van der Waals surface area contributed by atoms with Gasteiger partial charge in [0.05, 0.1) is 11.8 Å². The standard InChI is InChI=1S/C16H21FN4O2/c1-3-6-11-9-15(21(2)20-11)19-16(23)18-10-14(22)12-7-4-5-8-13(12)17/h4-5,7-9,14,22H,3,6,10H2,1-2H3,(H2,18,19,23). The van der Waals surface area contributed by atoms with Crippen LogP contribution in [0.2, 0.25) is 0 Å². The van der Waals surface area contributed by atoms with Crippen molar-refractivity contribution < 1.29 is 14.3 Å². The van der Waals surface area contributed by atoms with Crippen LogP contribution in [0.3, 0.4) is 0 Å². The zero-order chi connectivity index (χ0) is 16.8. The maximum Gasteiger partial charge on any atom is 0.320 e. The van der Waals surface area contributed by atoms with Gasteiger partial charge in [-0.25, -0.2) is 9.18 Å². The quantitative estimate of drug-likeness (QED) is 0.764. The largest absolute Gasteiger partial charge is 0.386 e. The number of nitrogens with zero attached hydrogens (tertiary/aromatic N) is 2. The van der Waals surface area contributed by atoms with Gasteiger partial charge in [-0.2, -0.15) is 5.10 Å². The molecule has 7 heteroatoms. The predicted molar refractivity (Wildman–Crippen MR) is 85.6 cm³/mol. The lowest BCUT2D eigenvalue weighted by molar-refractivity contribution is 0.170. The van der Waals surface area contributed by atoms with Crippen LogP contribution in [0.4, 0.5) is 15.0 Å². The van der Waals surface area contributed by atoms with Gasteiger partial charge in [0.1, 0.15) is 11.6 Å². The van der Waals surface area contributed by atoms with Crippen molar-refractivity contribution in [2.24, 2.45) is 7.05 Å². The number of aromatic nitrogens is 2. The van der Waals surface area contributed by atoms with Crippen molar-refractivity contribution in [2.45, 2.75) is 25.9 Å². The third-order valence-electron chi connectivity index (χ3n) is 3.40. The second kappa shape index (κ2) is 7.73. The Kier molecular flexibility index (Phi) is 5.70. The molecule has 2 aromatic rings. The lowest BCUT2D eigenvalue weighted by atomic mass is 10.1. The fourth-order valence-corrected chi connectivity index (χ4v) is 2.23. The molecule has 0 aliphatic heterocycles. The highest BCUT2D eigenvalue weighted by atomic mass is 19.1. The number of aliphatic hydroxyl groups excluding tert-OH is 1. The highest BCUT2D eigenvalue weighted by Gasteiger charge is 2.14. The van der Waals surface area contributed by atoms with E-state index in [1.54, 1.807) is 29.9 Å². The van der Waals surface area contributed by atoms with E-state index in [9.17, 15) is 14.3 Å². The van der Waals surface area contributed by atoms with Crippen LogP contribution in [0.1, 0.15) is 30.7 Å². The number of benzene rings is 1. The fraction of sp³-hybridized carbons (Fsp3) is 0.375. The van der Waals surface area contributed by atoms with E-state index in [4.69, 9.17) is 0 Å². The Labute approximate surface area is 134 Å². The van der Waals surface area contributed by atoms with E-state index >= 15 is 0 Å². The molecule has 3 N–H and O–H groups in total. The highest BCUT2D eigenvalue weighted by molar-refractivity contribution is 5.88. The summed E-state index contributed by atoms with van der Waals surface area (Å²) in [6, 6.07) is 7.25. The minimum absolute atomic E-state index is 0.0908. The molecule has 0 spiro atoms. The van der Waals surface area contributed by atoms with Gasteiger partial charge in [0.2, 0.25) is 0 Å². The molecule has 2 amide bonds. The maximum atomic E-state index is 13.5. The SMILES string of the molecule is CCCc1cc(NC(=O)NCC(O)c2ccccc2F)n(C)n1. The highest BCUT2D eigenvalue weighted by Crippen LogP contribution is 2.16. The fourth-order valence-electron chi connectivity index (χ4n) is 2.23. The molecule has 0 bridgehead atoms. The van der Waals surface area contributed by atoms with E-state index < -0.39 is 18.0 Å². The van der Waals surface area contributed by atoms with Crippen LogP contribution in [0.5, 0.6) is 0 Å². The number of hydrogen-bond acceptors (Lipinski definition) is 3. The van der Waals surface area contributed by atoms with Crippen LogP contribution in [0.15, 0.2) is 30.3 Å². The molecular formula is C16H21FN4O2. The second-order valence-corrected chi connectivity index (χ2v) is 5.27. The average Bonchev–Trinajstić information content (AvgIpc) is 2.85. The van der Waals surface area contributed by atoms with Crippen molar-refractivity contribution in [3.05, 3.63) is 47.4 Å². The number of halogens is 1. The van der Waals surface area contributed by atoms with Crippen LogP contribution >= 0.6 is 0 Å². The number of urea groups is 1. The summed E-state index contributed by atoms with van der Waals surface area (Å²) < 4.78 is 15.1. The van der Waals surface area contributed by atoms with E-state index in [1.807, 2.05) is 0 Å². The van der Waals surface area contributed by atoms with Crippen LogP contribution in [0.25, 0.3) is 0 Å². The minimum atomic E-state index is -1.11. The first-order valence-corrected chi connectivity index (χ1v) is 7.51. The molecule has 0 aliphatic carbocycles. The molecule has 0 fully saturated rings. The van der Waals surface area contributed by atoms with Gasteiger partial charge in [0.25, 0.3) is 0 Å². The summed E-state index contributed by atoms with van der Waals surface area (Å²) in [5, 5.41) is 19.4. The second-order valence-electron chi connectivity index (χ2n) is 5.27. The molecule has 1 heterocycles. The number of aryl methyl sites for hydroxylation is 2. The molecule has 124 valence electrons. The number of anilines is 1. The first-order valence-electron chi connectivity index (χ1n) is 7.51. The number of carbonyl (C=O) groups excluding carboxylic acids is 1. The van der Waals surface area contributed by atoms with Gasteiger partial charge in [-0.1, -0.05) is 31.5 Å². The van der Waals surface area contributed by atoms with Crippen LogP contribution < -0.4 is 10.6 Å². The number of aliphatic hydroxyl groups is 1. The Morgan fingerprint density at radius 3 is 2.87 bits per heavy atom. The minimum Gasteiger partial charge on any atom is -0.386 e. The summed E-state index contributed by atoms with van der Waals surface area (Å²) in [6.45, 7) is 1.96. The Bertz CT molecular complexity index is 672. The normalized spacial score (nSPS) is 12.0. The molecule has 1 aromatic heterocycles. The van der Waals surface area contributed by atoms with Crippen molar-refractivity contribution in [1.82, 2.24) is 15.1 Å². The van der Waals surface area contributed by atoms with Crippen molar-refractivity contribution in [1.29, 1.82) is 0 Å². The Morgan fingerprint density at radius 2 is 2.17 bits per heavy atom. The number of amides is 2. The van der Waals surface area contributed by atoms with Crippen LogP contribution in [0, 0.1) is 5.82 Å². The molecule has 1 aromatic carbocycles. The van der Waals surface area contributed by atoms with E-state index in [1.165, 1.54) is 12.1 Å². The zero-order valence-corrected chi connectivity index (χ0v) is 13.2. The van der Waals surface area contributed by atoms with Crippen molar-refractivity contribution in [2.75, 3.05) is 11.9 Å². The summed E-state index contributed by atoms with van der Waals surface area (Å²) in [7, 11) is 1.74. The third-order valence-corrected chi connectivity index (χ3v) is 3.40. The Balaban J connectivity index is 1.89. The molecule has 2 rings (SSSR count). The molecule has 0 aliphatic rings. The summed E-state index contributed by atoms with van der Waals surface area (Å²) in [5.41, 5.74) is 1.05. The number of hydrogen-bond donors (Lipinski definition) is 3. The van der Waals surface area contributed by atoms with Gasteiger partial charge < -0.3 is 10.4 Å². The molecule has 6 nitrogen and oxygen atoms in total. The summed E-state index contributed by atoms with van der Waals surface area (Å²) in [6.07, 6.45) is 0.699. The molecule has 0 saturated carbocycles. The van der Waals surface area contributed by atoms with Crippen molar-refractivity contribution >= 4 is 11.8 Å². The van der Waals surface area contributed by atoms with Crippen molar-refractivity contribution in [3.8, 4) is 0 Å². The van der Waals surface area contributed by atoms with E-state index in [0.717, 1.165) is 18.5 Å². The molecule has 0 radical (unpaired) electrons. The Hall–Kier alpha value is -2.41. The number of carbonyl (C=O) groups is 1.